The summed E-state index contributed by atoms with van der Waals surface area (Å²) in [7, 11) is -3.22. The zero-order valence-corrected chi connectivity index (χ0v) is 26.4. The van der Waals surface area contributed by atoms with Crippen LogP contribution in [0.4, 0.5) is 0 Å². The number of aliphatic hydroxyl groups is 1. The predicted molar refractivity (Wildman–Crippen MR) is 165 cm³/mol. The fourth-order valence-electron chi connectivity index (χ4n) is 9.30. The Morgan fingerprint density at radius 3 is 2.12 bits per heavy atom. The molecule has 1 heterocycles. The second-order valence-corrected chi connectivity index (χ2v) is 17.1. The van der Waals surface area contributed by atoms with Crippen LogP contribution < -0.4 is 0 Å². The van der Waals surface area contributed by atoms with E-state index in [1.54, 1.807) is 23.3 Å². The van der Waals surface area contributed by atoms with Gasteiger partial charge in [0.25, 0.3) is 0 Å². The molecule has 0 amide bonds. The number of rotatable bonds is 3. The van der Waals surface area contributed by atoms with Crippen LogP contribution >= 0.6 is 0 Å². The highest BCUT2D eigenvalue weighted by Crippen LogP contribution is 2.65. The number of hydrogen-bond donors (Lipinski definition) is 1. The molecular formula is C36H46O5S. The highest BCUT2D eigenvalue weighted by Gasteiger charge is 2.57. The number of hydrogen-bond acceptors (Lipinski definition) is 5. The van der Waals surface area contributed by atoms with Gasteiger partial charge in [-0.3, -0.25) is 0 Å². The number of allylic oxidation sites excluding steroid dienone is 2. The Morgan fingerprint density at radius 1 is 0.833 bits per heavy atom. The molecule has 0 bridgehead atoms. The Kier molecular flexibility index (Phi) is 6.86. The Bertz CT molecular complexity index is 1480. The molecule has 2 aromatic carbocycles. The zero-order chi connectivity index (χ0) is 29.5. The van der Waals surface area contributed by atoms with E-state index in [4.69, 9.17) is 9.47 Å². The molecule has 3 saturated carbocycles. The van der Waals surface area contributed by atoms with Gasteiger partial charge in [-0.1, -0.05) is 68.3 Å². The van der Waals surface area contributed by atoms with Crippen LogP contribution in [-0.4, -0.2) is 44.9 Å². The van der Waals surface area contributed by atoms with Gasteiger partial charge in [0.1, 0.15) is 0 Å². The van der Waals surface area contributed by atoms with Crippen LogP contribution in [0, 0.1) is 28.6 Å². The molecule has 5 aliphatic rings. The van der Waals surface area contributed by atoms with E-state index in [1.807, 2.05) is 12.1 Å². The van der Waals surface area contributed by atoms with Crippen molar-refractivity contribution in [2.45, 2.75) is 94.8 Å². The van der Waals surface area contributed by atoms with E-state index in [2.05, 4.69) is 45.0 Å². The number of benzene rings is 2. The van der Waals surface area contributed by atoms with Crippen LogP contribution in [0.15, 0.2) is 64.6 Å². The van der Waals surface area contributed by atoms with Crippen LogP contribution in [0.5, 0.6) is 0 Å². The van der Waals surface area contributed by atoms with Crippen molar-refractivity contribution in [3.63, 3.8) is 0 Å². The maximum atomic E-state index is 11.9. The van der Waals surface area contributed by atoms with E-state index in [1.165, 1.54) is 24.7 Å². The van der Waals surface area contributed by atoms with Gasteiger partial charge in [0.15, 0.2) is 15.6 Å². The number of fused-ring (bicyclic) bond motifs is 4. The topological polar surface area (TPSA) is 72.8 Å². The molecular weight excluding hydrogens is 544 g/mol. The first-order chi connectivity index (χ1) is 19.9. The summed E-state index contributed by atoms with van der Waals surface area (Å²) in [4.78, 5) is 0.344. The fraction of sp³-hybridized carbons (Fsp3) is 0.611. The molecule has 6 heteroatoms. The van der Waals surface area contributed by atoms with Crippen molar-refractivity contribution in [1.29, 1.82) is 0 Å². The van der Waals surface area contributed by atoms with E-state index in [0.717, 1.165) is 62.9 Å². The Balaban J connectivity index is 1.22. The van der Waals surface area contributed by atoms with E-state index >= 15 is 0 Å². The lowest BCUT2D eigenvalue weighted by Gasteiger charge is -2.55. The van der Waals surface area contributed by atoms with E-state index < -0.39 is 15.6 Å². The lowest BCUT2D eigenvalue weighted by atomic mass is 9.52. The molecule has 3 unspecified atom stereocenters. The molecule has 2 aromatic rings. The summed E-state index contributed by atoms with van der Waals surface area (Å²) in [5, 5.41) is 11.3. The minimum atomic E-state index is -3.22. The molecule has 7 rings (SSSR count). The van der Waals surface area contributed by atoms with Crippen LogP contribution in [0.25, 0.3) is 11.1 Å². The van der Waals surface area contributed by atoms with Crippen molar-refractivity contribution in [3.05, 3.63) is 65.2 Å². The summed E-state index contributed by atoms with van der Waals surface area (Å²) in [6, 6.07) is 16.1. The molecule has 0 aromatic heterocycles. The van der Waals surface area contributed by atoms with Gasteiger partial charge in [0, 0.05) is 30.4 Å². The molecule has 0 radical (unpaired) electrons. The molecule has 1 aliphatic heterocycles. The van der Waals surface area contributed by atoms with Crippen LogP contribution in [0.3, 0.4) is 0 Å². The molecule has 1 N–H and O–H groups in total. The summed E-state index contributed by atoms with van der Waals surface area (Å²) < 4.78 is 36.8. The van der Waals surface area contributed by atoms with Crippen LogP contribution in [0.1, 0.15) is 83.6 Å². The number of sulfone groups is 1. The van der Waals surface area contributed by atoms with Crippen molar-refractivity contribution in [1.82, 2.24) is 0 Å². The molecule has 1 saturated heterocycles. The molecule has 226 valence electrons. The maximum Gasteiger partial charge on any atom is 0.175 e. The van der Waals surface area contributed by atoms with E-state index in [-0.39, 0.29) is 16.9 Å². The van der Waals surface area contributed by atoms with Crippen molar-refractivity contribution in [2.24, 2.45) is 28.6 Å². The second-order valence-electron chi connectivity index (χ2n) is 15.1. The van der Waals surface area contributed by atoms with Gasteiger partial charge >= 0.3 is 0 Å². The lowest BCUT2D eigenvalue weighted by molar-refractivity contribution is -0.312. The van der Waals surface area contributed by atoms with Gasteiger partial charge in [-0.05, 0) is 90.5 Å². The largest absolute Gasteiger partial charge is 0.393 e. The number of ether oxygens (including phenoxy) is 2. The van der Waals surface area contributed by atoms with E-state index in [9.17, 15) is 13.5 Å². The number of aliphatic hydroxyl groups excluding tert-OH is 1. The zero-order valence-electron chi connectivity index (χ0n) is 25.6. The van der Waals surface area contributed by atoms with Gasteiger partial charge in [-0.25, -0.2) is 8.42 Å². The third-order valence-electron chi connectivity index (χ3n) is 11.7. The van der Waals surface area contributed by atoms with Crippen LogP contribution in [0.2, 0.25) is 0 Å². The molecule has 5 nitrogen and oxygen atoms in total. The summed E-state index contributed by atoms with van der Waals surface area (Å²) in [5.74, 6) is 1.50. The van der Waals surface area contributed by atoms with E-state index in [0.29, 0.717) is 28.6 Å². The Labute approximate surface area is 251 Å². The molecule has 4 aliphatic carbocycles. The first-order valence-corrected chi connectivity index (χ1v) is 17.9. The van der Waals surface area contributed by atoms with Crippen molar-refractivity contribution in [2.75, 3.05) is 19.5 Å². The van der Waals surface area contributed by atoms with Crippen LogP contribution in [-0.2, 0) is 19.3 Å². The summed E-state index contributed by atoms with van der Waals surface area (Å²) in [6.07, 6.45) is 9.39. The SMILES string of the molecule is CC1(C)COC2(CCC3=C4C(CCC3C2)C2CC[C@H](O)[C@@]2(C)C[C@@H]4c2ccc(-c3ccc(S(C)(=O)=O)cc3)cc2)OC1. The van der Waals surface area contributed by atoms with Gasteiger partial charge in [-0.2, -0.15) is 0 Å². The highest BCUT2D eigenvalue weighted by molar-refractivity contribution is 7.90. The Hall–Kier alpha value is -1.99. The smallest absolute Gasteiger partial charge is 0.175 e. The van der Waals surface area contributed by atoms with Gasteiger partial charge in [0.05, 0.1) is 24.2 Å². The molecule has 1 spiro atoms. The minimum absolute atomic E-state index is 0.0521. The maximum absolute atomic E-state index is 11.9. The lowest BCUT2D eigenvalue weighted by Crippen LogP contribution is -2.52. The highest BCUT2D eigenvalue weighted by atomic mass is 32.2. The fourth-order valence-corrected chi connectivity index (χ4v) is 9.93. The summed E-state index contributed by atoms with van der Waals surface area (Å²) in [5.41, 5.74) is 6.81. The average molecular weight is 591 g/mol. The average Bonchev–Trinajstić information content (AvgIpc) is 3.27. The monoisotopic (exact) mass is 590 g/mol. The van der Waals surface area contributed by atoms with Gasteiger partial charge in [0.2, 0.25) is 0 Å². The first-order valence-electron chi connectivity index (χ1n) is 16.0. The van der Waals surface area contributed by atoms with Crippen molar-refractivity contribution >= 4 is 9.84 Å². The quantitative estimate of drug-likeness (QED) is 0.380. The minimum Gasteiger partial charge on any atom is -0.393 e. The third kappa shape index (κ3) is 4.81. The van der Waals surface area contributed by atoms with Crippen molar-refractivity contribution in [3.8, 4) is 11.1 Å². The van der Waals surface area contributed by atoms with Gasteiger partial charge in [-0.15, -0.1) is 0 Å². The first kappa shape index (κ1) is 28.8. The standard InChI is InChI=1S/C36H46O5S/c1-34(2)21-40-36(41-22-34)18-17-28-26(19-36)11-14-29-31-15-16-32(37)35(31,3)20-30(33(28)29)25-7-5-23(6-8-25)24-9-12-27(13-10-24)42(4,38)39/h5-10,12-13,26,29-32,37H,11,14-22H2,1-4H3/t26?,29?,30-,31?,32+,35+/m1/s1. The molecule has 4 fully saturated rings. The van der Waals surface area contributed by atoms with Gasteiger partial charge < -0.3 is 14.6 Å². The third-order valence-corrected chi connectivity index (χ3v) is 12.8. The molecule has 6 atom stereocenters. The second kappa shape index (κ2) is 10.0. The predicted octanol–water partition coefficient (Wildman–Crippen LogP) is 7.30. The molecule has 42 heavy (non-hydrogen) atoms. The van der Waals surface area contributed by atoms with Crippen molar-refractivity contribution < 1.29 is 23.0 Å². The summed E-state index contributed by atoms with van der Waals surface area (Å²) >= 11 is 0. The summed E-state index contributed by atoms with van der Waals surface area (Å²) in [6.45, 7) is 8.32. The normalized spacial score (nSPS) is 35.4. The Morgan fingerprint density at radius 2 is 1.48 bits per heavy atom.